The molecule has 0 spiro atoms. The summed E-state index contributed by atoms with van der Waals surface area (Å²) in [6.07, 6.45) is 3.18. The molecule has 0 amide bonds. The number of hydrogen-bond donors (Lipinski definition) is 1. The summed E-state index contributed by atoms with van der Waals surface area (Å²) < 4.78 is 6.16. The molecular formula is C12H9BrN4O. The highest BCUT2D eigenvalue weighted by molar-refractivity contribution is 9.10. The Kier molecular flexibility index (Phi) is 2.71. The molecule has 2 aromatic heterocycles. The van der Waals surface area contributed by atoms with Gasteiger partial charge in [0.25, 0.3) is 0 Å². The second-order valence-corrected chi connectivity index (χ2v) is 4.55. The predicted octanol–water partition coefficient (Wildman–Crippen LogP) is 2.79. The number of benzene rings is 1. The molecular weight excluding hydrogens is 296 g/mol. The fourth-order valence-electron chi connectivity index (χ4n) is 1.70. The number of aromatic nitrogens is 4. The molecule has 0 aliphatic rings. The molecule has 3 aromatic rings. The Morgan fingerprint density at radius 2 is 2.22 bits per heavy atom. The minimum Gasteiger partial charge on any atom is -0.497 e. The van der Waals surface area contributed by atoms with Gasteiger partial charge in [-0.2, -0.15) is 0 Å². The highest BCUT2D eigenvalue weighted by Crippen LogP contribution is 2.30. The molecule has 0 aliphatic carbocycles. The van der Waals surface area contributed by atoms with Gasteiger partial charge in [0.05, 0.1) is 13.3 Å². The lowest BCUT2D eigenvalue weighted by molar-refractivity contribution is 0.415. The second kappa shape index (κ2) is 4.38. The van der Waals surface area contributed by atoms with Gasteiger partial charge >= 0.3 is 0 Å². The van der Waals surface area contributed by atoms with Crippen LogP contribution in [0, 0.1) is 0 Å². The van der Waals surface area contributed by atoms with Gasteiger partial charge in [0, 0.05) is 10.0 Å². The summed E-state index contributed by atoms with van der Waals surface area (Å²) in [5.74, 6) is 1.51. The van der Waals surface area contributed by atoms with Crippen LogP contribution in [-0.2, 0) is 0 Å². The van der Waals surface area contributed by atoms with Gasteiger partial charge in [-0.3, -0.25) is 0 Å². The van der Waals surface area contributed by atoms with E-state index in [0.717, 1.165) is 27.1 Å². The maximum Gasteiger partial charge on any atom is 0.181 e. The SMILES string of the molecule is COc1ccc(Br)c(-c2nc3ncncc3[nH]2)c1. The molecule has 6 heteroatoms. The molecule has 2 heterocycles. The minimum atomic E-state index is 0.648. The lowest BCUT2D eigenvalue weighted by Gasteiger charge is -2.04. The number of H-pyrrole nitrogens is 1. The fraction of sp³-hybridized carbons (Fsp3) is 0.0833. The largest absolute Gasteiger partial charge is 0.497 e. The summed E-state index contributed by atoms with van der Waals surface area (Å²) in [6, 6.07) is 5.72. The average molecular weight is 305 g/mol. The van der Waals surface area contributed by atoms with E-state index in [1.807, 2.05) is 18.2 Å². The van der Waals surface area contributed by atoms with Crippen molar-refractivity contribution in [3.05, 3.63) is 35.2 Å². The van der Waals surface area contributed by atoms with Crippen molar-refractivity contribution < 1.29 is 4.74 Å². The lowest BCUT2D eigenvalue weighted by atomic mass is 10.2. The molecule has 0 bridgehead atoms. The number of ether oxygens (including phenoxy) is 1. The third-order valence-corrected chi connectivity index (χ3v) is 3.28. The Morgan fingerprint density at radius 1 is 1.33 bits per heavy atom. The molecule has 1 aromatic carbocycles. The average Bonchev–Trinajstić information content (AvgIpc) is 2.82. The standard InChI is InChI=1S/C12H9BrN4O/c1-18-7-2-3-9(13)8(4-7)11-16-10-5-14-6-15-12(10)17-11/h2-6H,1H3,(H,14,15,16,17). The van der Waals surface area contributed by atoms with Crippen molar-refractivity contribution in [2.24, 2.45) is 0 Å². The summed E-state index contributed by atoms with van der Waals surface area (Å²) in [5, 5.41) is 0. The zero-order valence-electron chi connectivity index (χ0n) is 9.51. The number of nitrogens with one attached hydrogen (secondary N) is 1. The molecule has 3 rings (SSSR count). The summed E-state index contributed by atoms with van der Waals surface area (Å²) in [7, 11) is 1.64. The van der Waals surface area contributed by atoms with E-state index in [0.29, 0.717) is 5.65 Å². The molecule has 0 unspecified atom stereocenters. The van der Waals surface area contributed by atoms with Crippen LogP contribution in [0.1, 0.15) is 0 Å². The molecule has 0 saturated carbocycles. The molecule has 0 saturated heterocycles. The number of fused-ring (bicyclic) bond motifs is 1. The quantitative estimate of drug-likeness (QED) is 0.791. The van der Waals surface area contributed by atoms with Crippen LogP contribution in [0.15, 0.2) is 35.2 Å². The first-order valence-electron chi connectivity index (χ1n) is 5.27. The van der Waals surface area contributed by atoms with Gasteiger partial charge < -0.3 is 9.72 Å². The van der Waals surface area contributed by atoms with Crippen LogP contribution < -0.4 is 4.74 Å². The normalized spacial score (nSPS) is 10.8. The van der Waals surface area contributed by atoms with E-state index >= 15 is 0 Å². The van der Waals surface area contributed by atoms with E-state index in [9.17, 15) is 0 Å². The highest BCUT2D eigenvalue weighted by atomic mass is 79.9. The van der Waals surface area contributed by atoms with Crippen LogP contribution in [0.25, 0.3) is 22.6 Å². The maximum absolute atomic E-state index is 5.21. The third kappa shape index (κ3) is 1.84. The van der Waals surface area contributed by atoms with Gasteiger partial charge in [-0.1, -0.05) is 15.9 Å². The molecule has 0 radical (unpaired) electrons. The van der Waals surface area contributed by atoms with E-state index in [1.54, 1.807) is 13.3 Å². The molecule has 0 aliphatic heterocycles. The highest BCUT2D eigenvalue weighted by Gasteiger charge is 2.10. The molecule has 0 fully saturated rings. The lowest BCUT2D eigenvalue weighted by Crippen LogP contribution is -1.86. The van der Waals surface area contributed by atoms with Gasteiger partial charge in [-0.25, -0.2) is 15.0 Å². The molecule has 1 N–H and O–H groups in total. The van der Waals surface area contributed by atoms with Gasteiger partial charge in [0.15, 0.2) is 5.65 Å². The zero-order chi connectivity index (χ0) is 12.5. The number of halogens is 1. The summed E-state index contributed by atoms with van der Waals surface area (Å²) in [5.41, 5.74) is 2.38. The number of imidazole rings is 1. The van der Waals surface area contributed by atoms with Gasteiger partial charge in [-0.05, 0) is 18.2 Å². The van der Waals surface area contributed by atoms with Gasteiger partial charge in [-0.15, -0.1) is 0 Å². The molecule has 0 atom stereocenters. The Morgan fingerprint density at radius 3 is 3.00 bits per heavy atom. The number of methoxy groups -OCH3 is 1. The predicted molar refractivity (Wildman–Crippen MR) is 71.4 cm³/mol. The van der Waals surface area contributed by atoms with Gasteiger partial charge in [0.1, 0.15) is 23.4 Å². The Bertz CT molecular complexity index is 677. The van der Waals surface area contributed by atoms with E-state index in [2.05, 4.69) is 35.9 Å². The molecule has 18 heavy (non-hydrogen) atoms. The van der Waals surface area contributed by atoms with Crippen LogP contribution in [-0.4, -0.2) is 27.0 Å². The summed E-state index contributed by atoms with van der Waals surface area (Å²) in [6.45, 7) is 0. The van der Waals surface area contributed by atoms with Crippen molar-refractivity contribution in [3.8, 4) is 17.1 Å². The number of aromatic amines is 1. The fourth-order valence-corrected chi connectivity index (χ4v) is 2.14. The number of rotatable bonds is 2. The number of hydrogen-bond acceptors (Lipinski definition) is 4. The monoisotopic (exact) mass is 304 g/mol. The zero-order valence-corrected chi connectivity index (χ0v) is 11.1. The van der Waals surface area contributed by atoms with Crippen LogP contribution in [0.4, 0.5) is 0 Å². The Labute approximate surface area is 111 Å². The molecule has 90 valence electrons. The first-order valence-corrected chi connectivity index (χ1v) is 6.07. The van der Waals surface area contributed by atoms with Crippen molar-refractivity contribution in [1.29, 1.82) is 0 Å². The van der Waals surface area contributed by atoms with E-state index in [4.69, 9.17) is 4.74 Å². The molecule has 5 nitrogen and oxygen atoms in total. The Hall–Kier alpha value is -1.95. The van der Waals surface area contributed by atoms with Crippen LogP contribution in [0.3, 0.4) is 0 Å². The maximum atomic E-state index is 5.21. The number of nitrogens with zero attached hydrogens (tertiary/aromatic N) is 3. The minimum absolute atomic E-state index is 0.648. The van der Waals surface area contributed by atoms with E-state index in [-0.39, 0.29) is 0 Å². The van der Waals surface area contributed by atoms with E-state index in [1.165, 1.54) is 6.33 Å². The summed E-state index contributed by atoms with van der Waals surface area (Å²) >= 11 is 3.50. The Balaban J connectivity index is 2.19. The van der Waals surface area contributed by atoms with Crippen molar-refractivity contribution in [3.63, 3.8) is 0 Å². The van der Waals surface area contributed by atoms with E-state index < -0.39 is 0 Å². The van der Waals surface area contributed by atoms with Crippen molar-refractivity contribution in [1.82, 2.24) is 19.9 Å². The first-order chi connectivity index (χ1) is 8.78. The van der Waals surface area contributed by atoms with Crippen molar-refractivity contribution in [2.75, 3.05) is 7.11 Å². The van der Waals surface area contributed by atoms with Crippen LogP contribution in [0.2, 0.25) is 0 Å². The second-order valence-electron chi connectivity index (χ2n) is 3.69. The van der Waals surface area contributed by atoms with Gasteiger partial charge in [0.2, 0.25) is 0 Å². The van der Waals surface area contributed by atoms with Crippen LogP contribution >= 0.6 is 15.9 Å². The topological polar surface area (TPSA) is 63.7 Å². The van der Waals surface area contributed by atoms with Crippen molar-refractivity contribution >= 4 is 27.1 Å². The first kappa shape index (κ1) is 11.2. The third-order valence-electron chi connectivity index (χ3n) is 2.59. The van der Waals surface area contributed by atoms with Crippen molar-refractivity contribution in [2.45, 2.75) is 0 Å². The summed E-state index contributed by atoms with van der Waals surface area (Å²) in [4.78, 5) is 15.7. The smallest absolute Gasteiger partial charge is 0.181 e. The van der Waals surface area contributed by atoms with Crippen LogP contribution in [0.5, 0.6) is 5.75 Å².